The molecule has 0 fully saturated rings. The second kappa shape index (κ2) is 7.51. The maximum absolute atomic E-state index is 13.5. The third-order valence-corrected chi connectivity index (χ3v) is 3.70. The third-order valence-electron chi connectivity index (χ3n) is 3.70. The maximum atomic E-state index is 13.5. The van der Waals surface area contributed by atoms with Crippen LogP contribution < -0.4 is 0 Å². The predicted octanol–water partition coefficient (Wildman–Crippen LogP) is 5.07. The van der Waals surface area contributed by atoms with Gasteiger partial charge >= 0.3 is 0 Å². The van der Waals surface area contributed by atoms with Crippen LogP contribution in [0.4, 0.5) is 4.39 Å². The summed E-state index contributed by atoms with van der Waals surface area (Å²) in [6.45, 7) is 3.88. The van der Waals surface area contributed by atoms with Crippen LogP contribution in [0, 0.1) is 24.1 Å². The first-order valence-corrected chi connectivity index (χ1v) is 7.54. The number of nitrogens with zero attached hydrogens (tertiary/aromatic N) is 1. The van der Waals surface area contributed by atoms with E-state index in [4.69, 9.17) is 5.26 Å². The fourth-order valence-corrected chi connectivity index (χ4v) is 2.50. The summed E-state index contributed by atoms with van der Waals surface area (Å²) in [5, 5.41) is 8.97. The first kappa shape index (κ1) is 16.6. The van der Waals surface area contributed by atoms with E-state index >= 15 is 0 Å². The Morgan fingerprint density at radius 1 is 1.26 bits per heavy atom. The van der Waals surface area contributed by atoms with Crippen LogP contribution in [0.25, 0.3) is 5.57 Å². The largest absolute Gasteiger partial charge is 0.294 e. The lowest BCUT2D eigenvalue weighted by Crippen LogP contribution is -2.03. The van der Waals surface area contributed by atoms with Crippen molar-refractivity contribution in [1.29, 1.82) is 5.26 Å². The van der Waals surface area contributed by atoms with Crippen LogP contribution in [0.5, 0.6) is 0 Å². The standard InChI is InChI=1S/C20H18FNO/c1-3-6-15(16-9-10-19(21)17(11-16)13-22)12-20(23)18-8-5-4-7-14(18)2/h4-11H,3,12H2,1-2H3/b15-6-. The minimum Gasteiger partial charge on any atom is -0.294 e. The Hall–Kier alpha value is -2.73. The van der Waals surface area contributed by atoms with E-state index in [1.54, 1.807) is 6.07 Å². The molecule has 2 aromatic carbocycles. The molecule has 0 unspecified atom stereocenters. The number of benzene rings is 2. The van der Waals surface area contributed by atoms with E-state index in [1.807, 2.05) is 50.3 Å². The Kier molecular flexibility index (Phi) is 5.43. The van der Waals surface area contributed by atoms with Gasteiger partial charge in [-0.05, 0) is 42.2 Å². The topological polar surface area (TPSA) is 40.9 Å². The van der Waals surface area contributed by atoms with Crippen LogP contribution in [0.3, 0.4) is 0 Å². The highest BCUT2D eigenvalue weighted by Gasteiger charge is 2.13. The zero-order chi connectivity index (χ0) is 16.8. The lowest BCUT2D eigenvalue weighted by molar-refractivity contribution is 0.0997. The Morgan fingerprint density at radius 3 is 2.65 bits per heavy atom. The molecule has 0 aliphatic carbocycles. The van der Waals surface area contributed by atoms with Crippen molar-refractivity contribution in [3.8, 4) is 6.07 Å². The number of aryl methyl sites for hydroxylation is 1. The van der Waals surface area contributed by atoms with Crippen molar-refractivity contribution in [2.45, 2.75) is 26.7 Å². The molecule has 2 rings (SSSR count). The van der Waals surface area contributed by atoms with Gasteiger partial charge < -0.3 is 0 Å². The normalized spacial score (nSPS) is 11.1. The van der Waals surface area contributed by atoms with Gasteiger partial charge in [-0.15, -0.1) is 0 Å². The molecule has 0 heterocycles. The van der Waals surface area contributed by atoms with E-state index < -0.39 is 5.82 Å². The lowest BCUT2D eigenvalue weighted by Gasteiger charge is -2.10. The van der Waals surface area contributed by atoms with Gasteiger partial charge in [0.1, 0.15) is 11.9 Å². The summed E-state index contributed by atoms with van der Waals surface area (Å²) >= 11 is 0. The molecule has 0 amide bonds. The Morgan fingerprint density at radius 2 is 2.00 bits per heavy atom. The van der Waals surface area contributed by atoms with Crippen LogP contribution in [-0.4, -0.2) is 5.78 Å². The van der Waals surface area contributed by atoms with E-state index in [0.29, 0.717) is 11.1 Å². The van der Waals surface area contributed by atoms with E-state index in [2.05, 4.69) is 0 Å². The number of ketones is 1. The van der Waals surface area contributed by atoms with E-state index in [-0.39, 0.29) is 17.8 Å². The lowest BCUT2D eigenvalue weighted by atomic mass is 9.94. The number of hydrogen-bond acceptors (Lipinski definition) is 2. The van der Waals surface area contributed by atoms with Gasteiger partial charge in [0.2, 0.25) is 0 Å². The first-order valence-electron chi connectivity index (χ1n) is 7.54. The Balaban J connectivity index is 2.34. The molecule has 116 valence electrons. The molecule has 0 spiro atoms. The zero-order valence-electron chi connectivity index (χ0n) is 13.3. The minimum atomic E-state index is -0.544. The number of allylic oxidation sites excluding steroid dienone is 2. The van der Waals surface area contributed by atoms with E-state index in [1.165, 1.54) is 12.1 Å². The van der Waals surface area contributed by atoms with Crippen molar-refractivity contribution in [3.63, 3.8) is 0 Å². The maximum Gasteiger partial charge on any atom is 0.167 e. The second-order valence-electron chi connectivity index (χ2n) is 5.36. The smallest absolute Gasteiger partial charge is 0.167 e. The molecule has 3 heteroatoms. The van der Waals surface area contributed by atoms with Crippen molar-refractivity contribution >= 4 is 11.4 Å². The Labute approximate surface area is 135 Å². The highest BCUT2D eigenvalue weighted by atomic mass is 19.1. The van der Waals surface area contributed by atoms with Gasteiger partial charge in [-0.25, -0.2) is 4.39 Å². The van der Waals surface area contributed by atoms with Gasteiger partial charge in [-0.1, -0.05) is 43.3 Å². The number of carbonyl (C=O) groups is 1. The summed E-state index contributed by atoms with van der Waals surface area (Å²) in [5.74, 6) is -0.525. The summed E-state index contributed by atoms with van der Waals surface area (Å²) in [4.78, 5) is 12.6. The van der Waals surface area contributed by atoms with Crippen LogP contribution in [0.15, 0.2) is 48.5 Å². The van der Waals surface area contributed by atoms with Crippen LogP contribution in [-0.2, 0) is 0 Å². The fraction of sp³-hybridized carbons (Fsp3) is 0.200. The van der Waals surface area contributed by atoms with Gasteiger partial charge in [0.15, 0.2) is 5.78 Å². The second-order valence-corrected chi connectivity index (χ2v) is 5.36. The molecule has 0 bridgehead atoms. The number of hydrogen-bond donors (Lipinski definition) is 0. The van der Waals surface area contributed by atoms with Crippen LogP contribution in [0.1, 0.15) is 46.8 Å². The zero-order valence-corrected chi connectivity index (χ0v) is 13.3. The number of carbonyl (C=O) groups excluding carboxylic acids is 1. The molecule has 23 heavy (non-hydrogen) atoms. The van der Waals surface area contributed by atoms with Gasteiger partial charge in [0.25, 0.3) is 0 Å². The molecular weight excluding hydrogens is 289 g/mol. The molecule has 2 nitrogen and oxygen atoms in total. The van der Waals surface area contributed by atoms with E-state index in [9.17, 15) is 9.18 Å². The van der Waals surface area contributed by atoms with Gasteiger partial charge in [-0.2, -0.15) is 5.26 Å². The summed E-state index contributed by atoms with van der Waals surface area (Å²) in [6, 6.07) is 13.7. The van der Waals surface area contributed by atoms with Crippen molar-refractivity contribution in [1.82, 2.24) is 0 Å². The molecule has 0 atom stereocenters. The minimum absolute atomic E-state index is 0.00663. The molecule has 0 aliphatic heterocycles. The van der Waals surface area contributed by atoms with Crippen molar-refractivity contribution in [3.05, 3.63) is 76.6 Å². The quantitative estimate of drug-likeness (QED) is 0.723. The highest BCUT2D eigenvalue weighted by molar-refractivity contribution is 6.03. The van der Waals surface area contributed by atoms with Gasteiger partial charge in [0, 0.05) is 12.0 Å². The molecule has 0 N–H and O–H groups in total. The predicted molar refractivity (Wildman–Crippen MR) is 89.5 cm³/mol. The van der Waals surface area contributed by atoms with Crippen LogP contribution in [0.2, 0.25) is 0 Å². The monoisotopic (exact) mass is 307 g/mol. The SMILES string of the molecule is CC/C=C(/CC(=O)c1ccccc1C)c1ccc(F)c(C#N)c1. The summed E-state index contributed by atoms with van der Waals surface area (Å²) in [6.07, 6.45) is 2.94. The van der Waals surface area contributed by atoms with Crippen molar-refractivity contribution < 1.29 is 9.18 Å². The number of halogens is 1. The molecular formula is C20H18FNO. The summed E-state index contributed by atoms with van der Waals surface area (Å²) in [7, 11) is 0. The molecule has 2 aromatic rings. The summed E-state index contributed by atoms with van der Waals surface area (Å²) in [5.41, 5.74) is 3.15. The molecule has 0 saturated heterocycles. The third kappa shape index (κ3) is 3.92. The molecule has 0 saturated carbocycles. The number of nitriles is 1. The van der Waals surface area contributed by atoms with Crippen molar-refractivity contribution in [2.24, 2.45) is 0 Å². The molecule has 0 aliphatic rings. The van der Waals surface area contributed by atoms with Gasteiger partial charge in [0.05, 0.1) is 5.56 Å². The van der Waals surface area contributed by atoms with Crippen molar-refractivity contribution in [2.75, 3.05) is 0 Å². The average molecular weight is 307 g/mol. The highest BCUT2D eigenvalue weighted by Crippen LogP contribution is 2.24. The van der Waals surface area contributed by atoms with Gasteiger partial charge in [-0.3, -0.25) is 4.79 Å². The molecule has 0 aromatic heterocycles. The van der Waals surface area contributed by atoms with Crippen LogP contribution >= 0.6 is 0 Å². The first-order chi connectivity index (χ1) is 11.1. The average Bonchev–Trinajstić information content (AvgIpc) is 2.55. The fourth-order valence-electron chi connectivity index (χ4n) is 2.50. The van der Waals surface area contributed by atoms with E-state index in [0.717, 1.165) is 17.6 Å². The number of Topliss-reactive ketones (excluding diaryl/α,β-unsaturated/α-hetero) is 1. The molecule has 0 radical (unpaired) electrons. The summed E-state index contributed by atoms with van der Waals surface area (Å²) < 4.78 is 13.5. The number of rotatable bonds is 5. The Bertz CT molecular complexity index is 800.